The summed E-state index contributed by atoms with van der Waals surface area (Å²) >= 11 is 1.97. The van der Waals surface area contributed by atoms with E-state index in [-0.39, 0.29) is 6.04 Å². The maximum absolute atomic E-state index is 5.99. The van der Waals surface area contributed by atoms with E-state index in [0.717, 1.165) is 12.2 Å². The zero-order valence-corrected chi connectivity index (χ0v) is 10.2. The van der Waals surface area contributed by atoms with Gasteiger partial charge in [-0.2, -0.15) is 11.8 Å². The maximum Gasteiger partial charge on any atom is 0.0261 e. The highest BCUT2D eigenvalue weighted by atomic mass is 32.2. The van der Waals surface area contributed by atoms with E-state index in [9.17, 15) is 0 Å². The molecule has 0 amide bonds. The van der Waals surface area contributed by atoms with Crippen LogP contribution in [0.5, 0.6) is 0 Å². The molecule has 0 aromatic heterocycles. The van der Waals surface area contributed by atoms with E-state index in [2.05, 4.69) is 34.3 Å². The Hall–Kier alpha value is 0.0500. The highest BCUT2D eigenvalue weighted by molar-refractivity contribution is 7.99. The van der Waals surface area contributed by atoms with Crippen molar-refractivity contribution in [2.75, 3.05) is 5.75 Å². The molecule has 2 heteroatoms. The van der Waals surface area contributed by atoms with Crippen LogP contribution in [0.2, 0.25) is 0 Å². The van der Waals surface area contributed by atoms with Gasteiger partial charge in [0.1, 0.15) is 0 Å². The van der Waals surface area contributed by atoms with Gasteiger partial charge in [0.15, 0.2) is 0 Å². The minimum atomic E-state index is 0.186. The normalized spacial score (nSPS) is 13.8. The Morgan fingerprint density at radius 2 is 1.85 bits per heavy atom. The van der Waals surface area contributed by atoms with Crippen LogP contribution in [0.1, 0.15) is 34.1 Å². The fraction of sp³-hybridized carbons (Fsp3) is 0.818. The van der Waals surface area contributed by atoms with Crippen molar-refractivity contribution >= 4 is 11.8 Å². The van der Waals surface area contributed by atoms with Crippen LogP contribution >= 0.6 is 11.8 Å². The maximum atomic E-state index is 5.99. The standard InChI is InChI=1S/C11H23NS/c1-8(2)10(5)11(12)6-7-13-9(3)4/h8-9,11H,5-7,12H2,1-4H3. The Bertz CT molecular complexity index is 152. The second kappa shape index (κ2) is 6.50. The molecule has 1 unspecified atom stereocenters. The SMILES string of the molecule is C=C(C(C)C)C(N)CCSC(C)C. The fourth-order valence-corrected chi connectivity index (χ4v) is 1.91. The molecule has 0 aromatic carbocycles. The molecule has 1 nitrogen and oxygen atoms in total. The largest absolute Gasteiger partial charge is 0.324 e. The summed E-state index contributed by atoms with van der Waals surface area (Å²) < 4.78 is 0. The monoisotopic (exact) mass is 201 g/mol. The van der Waals surface area contributed by atoms with Gasteiger partial charge in [-0.15, -0.1) is 0 Å². The minimum absolute atomic E-state index is 0.186. The topological polar surface area (TPSA) is 26.0 Å². The van der Waals surface area contributed by atoms with Crippen molar-refractivity contribution in [3.63, 3.8) is 0 Å². The van der Waals surface area contributed by atoms with E-state index >= 15 is 0 Å². The van der Waals surface area contributed by atoms with Crippen molar-refractivity contribution < 1.29 is 0 Å². The van der Waals surface area contributed by atoms with Gasteiger partial charge in [-0.1, -0.05) is 39.8 Å². The number of hydrogen-bond acceptors (Lipinski definition) is 2. The van der Waals surface area contributed by atoms with Crippen LogP contribution < -0.4 is 5.73 Å². The third-order valence-electron chi connectivity index (χ3n) is 2.10. The summed E-state index contributed by atoms with van der Waals surface area (Å²) in [7, 11) is 0. The summed E-state index contributed by atoms with van der Waals surface area (Å²) in [6, 6.07) is 0.186. The van der Waals surface area contributed by atoms with E-state index < -0.39 is 0 Å². The first-order valence-corrected chi connectivity index (χ1v) is 6.06. The van der Waals surface area contributed by atoms with Crippen LogP contribution in [0.3, 0.4) is 0 Å². The van der Waals surface area contributed by atoms with Gasteiger partial charge in [0, 0.05) is 6.04 Å². The van der Waals surface area contributed by atoms with Gasteiger partial charge in [-0.3, -0.25) is 0 Å². The lowest BCUT2D eigenvalue weighted by molar-refractivity contribution is 0.634. The van der Waals surface area contributed by atoms with Crippen molar-refractivity contribution in [3.05, 3.63) is 12.2 Å². The first kappa shape index (κ1) is 13.1. The molecule has 0 saturated heterocycles. The molecular formula is C11H23NS. The number of hydrogen-bond donors (Lipinski definition) is 1. The molecule has 1 atom stereocenters. The van der Waals surface area contributed by atoms with Crippen LogP contribution in [0.4, 0.5) is 0 Å². The van der Waals surface area contributed by atoms with Crippen molar-refractivity contribution in [3.8, 4) is 0 Å². The predicted octanol–water partition coefficient (Wildman–Crippen LogP) is 3.06. The molecule has 2 N–H and O–H groups in total. The molecule has 0 aromatic rings. The molecule has 0 spiro atoms. The molecule has 0 radical (unpaired) electrons. The van der Waals surface area contributed by atoms with E-state index in [1.807, 2.05) is 11.8 Å². The molecule has 0 heterocycles. The molecule has 13 heavy (non-hydrogen) atoms. The van der Waals surface area contributed by atoms with Crippen molar-refractivity contribution in [1.82, 2.24) is 0 Å². The first-order chi connectivity index (χ1) is 5.95. The summed E-state index contributed by atoms with van der Waals surface area (Å²) in [4.78, 5) is 0. The molecule has 78 valence electrons. The summed E-state index contributed by atoms with van der Waals surface area (Å²) in [6.07, 6.45) is 1.06. The van der Waals surface area contributed by atoms with E-state index in [0.29, 0.717) is 11.2 Å². The Morgan fingerprint density at radius 3 is 2.23 bits per heavy atom. The minimum Gasteiger partial charge on any atom is -0.324 e. The smallest absolute Gasteiger partial charge is 0.0261 e. The Labute approximate surface area is 87.2 Å². The van der Waals surface area contributed by atoms with Gasteiger partial charge < -0.3 is 5.73 Å². The van der Waals surface area contributed by atoms with Crippen LogP contribution in [0.15, 0.2) is 12.2 Å². The van der Waals surface area contributed by atoms with Gasteiger partial charge in [0.05, 0.1) is 0 Å². The number of rotatable bonds is 6. The lowest BCUT2D eigenvalue weighted by atomic mass is 9.97. The molecule has 0 aliphatic heterocycles. The zero-order valence-electron chi connectivity index (χ0n) is 9.34. The average Bonchev–Trinajstić information content (AvgIpc) is 2.02. The van der Waals surface area contributed by atoms with Crippen LogP contribution in [0.25, 0.3) is 0 Å². The third kappa shape index (κ3) is 6.17. The summed E-state index contributed by atoms with van der Waals surface area (Å²) in [5, 5.41) is 0.708. The van der Waals surface area contributed by atoms with E-state index in [1.165, 1.54) is 5.57 Å². The van der Waals surface area contributed by atoms with Gasteiger partial charge >= 0.3 is 0 Å². The van der Waals surface area contributed by atoms with Crippen LogP contribution in [-0.4, -0.2) is 17.0 Å². The second-order valence-electron chi connectivity index (χ2n) is 4.04. The van der Waals surface area contributed by atoms with Gasteiger partial charge in [-0.05, 0) is 23.3 Å². The van der Waals surface area contributed by atoms with Crippen LogP contribution in [0, 0.1) is 5.92 Å². The quantitative estimate of drug-likeness (QED) is 0.668. The molecule has 0 aliphatic carbocycles. The molecule has 0 bridgehead atoms. The predicted molar refractivity (Wildman–Crippen MR) is 64.2 cm³/mol. The van der Waals surface area contributed by atoms with E-state index in [4.69, 9.17) is 5.73 Å². The summed E-state index contributed by atoms with van der Waals surface area (Å²) in [5.74, 6) is 1.66. The number of thioether (sulfide) groups is 1. The lowest BCUT2D eigenvalue weighted by Gasteiger charge is -2.18. The highest BCUT2D eigenvalue weighted by Crippen LogP contribution is 2.16. The van der Waals surface area contributed by atoms with Crippen molar-refractivity contribution in [2.45, 2.75) is 45.4 Å². The molecule has 0 aliphatic rings. The van der Waals surface area contributed by atoms with Gasteiger partial charge in [0.2, 0.25) is 0 Å². The van der Waals surface area contributed by atoms with Gasteiger partial charge in [0.25, 0.3) is 0 Å². The zero-order chi connectivity index (χ0) is 10.4. The molecule has 0 fully saturated rings. The fourth-order valence-electron chi connectivity index (χ4n) is 1.04. The Balaban J connectivity index is 3.62. The Kier molecular flexibility index (Phi) is 6.52. The van der Waals surface area contributed by atoms with E-state index in [1.54, 1.807) is 0 Å². The second-order valence-corrected chi connectivity index (χ2v) is 5.73. The van der Waals surface area contributed by atoms with Crippen LogP contribution in [-0.2, 0) is 0 Å². The highest BCUT2D eigenvalue weighted by Gasteiger charge is 2.10. The number of nitrogens with two attached hydrogens (primary N) is 1. The first-order valence-electron chi connectivity index (χ1n) is 5.01. The van der Waals surface area contributed by atoms with Gasteiger partial charge in [-0.25, -0.2) is 0 Å². The molecule has 0 rings (SSSR count). The van der Waals surface area contributed by atoms with Crippen molar-refractivity contribution in [1.29, 1.82) is 0 Å². The summed E-state index contributed by atoms with van der Waals surface area (Å²) in [6.45, 7) is 12.8. The Morgan fingerprint density at radius 1 is 1.31 bits per heavy atom. The third-order valence-corrected chi connectivity index (χ3v) is 3.24. The molecule has 0 saturated carbocycles. The lowest BCUT2D eigenvalue weighted by Crippen LogP contribution is -2.25. The average molecular weight is 201 g/mol. The molecular weight excluding hydrogens is 178 g/mol. The van der Waals surface area contributed by atoms with Crippen molar-refractivity contribution in [2.24, 2.45) is 11.7 Å². The summed E-state index contributed by atoms with van der Waals surface area (Å²) in [5.41, 5.74) is 7.18.